The minimum atomic E-state index is -0.998. The highest BCUT2D eigenvalue weighted by Gasteiger charge is 2.14. The fourth-order valence-corrected chi connectivity index (χ4v) is 2.12. The molecule has 2 N–H and O–H groups in total. The molecule has 1 atom stereocenters. The number of thioether (sulfide) groups is 1. The number of carbonyl (C=O) groups excluding carboxylic acids is 1. The molecule has 0 spiro atoms. The van der Waals surface area contributed by atoms with E-state index in [9.17, 15) is 9.59 Å². The Morgan fingerprint density at radius 3 is 2.67 bits per heavy atom. The molecule has 18 heavy (non-hydrogen) atoms. The van der Waals surface area contributed by atoms with Crippen LogP contribution in [0.25, 0.3) is 0 Å². The van der Waals surface area contributed by atoms with Crippen molar-refractivity contribution in [1.82, 2.24) is 0 Å². The van der Waals surface area contributed by atoms with E-state index in [2.05, 4.69) is 5.32 Å². The minimum Gasteiger partial charge on any atom is -0.478 e. The number of aromatic carboxylic acids is 1. The molecule has 5 heteroatoms. The number of rotatable bonds is 5. The first-order chi connectivity index (χ1) is 8.45. The molecule has 0 bridgehead atoms. The van der Waals surface area contributed by atoms with E-state index in [1.807, 2.05) is 20.1 Å². The van der Waals surface area contributed by atoms with Gasteiger partial charge >= 0.3 is 5.97 Å². The maximum absolute atomic E-state index is 11.9. The normalized spacial score (nSPS) is 11.9. The Bertz CT molecular complexity index is 460. The quantitative estimate of drug-likeness (QED) is 0.860. The van der Waals surface area contributed by atoms with Gasteiger partial charge in [-0.3, -0.25) is 4.79 Å². The summed E-state index contributed by atoms with van der Waals surface area (Å²) in [6.07, 6.45) is 1.94. The highest BCUT2D eigenvalue weighted by Crippen LogP contribution is 2.18. The molecule has 4 nitrogen and oxygen atoms in total. The van der Waals surface area contributed by atoms with E-state index in [1.165, 1.54) is 12.1 Å². The molecule has 0 saturated carbocycles. The van der Waals surface area contributed by atoms with Crippen molar-refractivity contribution in [1.29, 1.82) is 0 Å². The van der Waals surface area contributed by atoms with Crippen molar-refractivity contribution in [3.63, 3.8) is 0 Å². The third-order valence-electron chi connectivity index (χ3n) is 2.61. The Labute approximate surface area is 111 Å². The summed E-state index contributed by atoms with van der Waals surface area (Å²) in [5.41, 5.74) is 1.59. The fourth-order valence-electron chi connectivity index (χ4n) is 1.47. The van der Waals surface area contributed by atoms with Gasteiger partial charge in [0.2, 0.25) is 5.91 Å². The van der Waals surface area contributed by atoms with Gasteiger partial charge in [-0.1, -0.05) is 13.0 Å². The zero-order valence-electron chi connectivity index (χ0n) is 10.7. The van der Waals surface area contributed by atoms with Crippen LogP contribution < -0.4 is 5.32 Å². The van der Waals surface area contributed by atoms with Crippen LogP contribution in [0.4, 0.5) is 5.69 Å². The highest BCUT2D eigenvalue weighted by molar-refractivity contribution is 7.98. The molecule has 1 aromatic carbocycles. The lowest BCUT2D eigenvalue weighted by Gasteiger charge is -2.13. The average Bonchev–Trinajstić information content (AvgIpc) is 2.31. The lowest BCUT2D eigenvalue weighted by Crippen LogP contribution is -2.22. The van der Waals surface area contributed by atoms with Gasteiger partial charge in [0.1, 0.15) is 0 Å². The Morgan fingerprint density at radius 2 is 2.11 bits per heavy atom. The predicted molar refractivity (Wildman–Crippen MR) is 74.3 cm³/mol. The van der Waals surface area contributed by atoms with Crippen molar-refractivity contribution in [2.75, 3.05) is 17.3 Å². The molecule has 0 heterocycles. The van der Waals surface area contributed by atoms with Crippen LogP contribution in [0.2, 0.25) is 0 Å². The van der Waals surface area contributed by atoms with Crippen molar-refractivity contribution in [3.8, 4) is 0 Å². The second-order valence-electron chi connectivity index (χ2n) is 4.18. The fraction of sp³-hybridized carbons (Fsp3) is 0.385. The number of carbonyl (C=O) groups is 2. The van der Waals surface area contributed by atoms with Gasteiger partial charge in [-0.2, -0.15) is 11.8 Å². The molecule has 0 aliphatic carbocycles. The van der Waals surface area contributed by atoms with E-state index in [0.29, 0.717) is 5.69 Å². The third kappa shape index (κ3) is 3.77. The molecular formula is C13H17NO3S. The Kier molecular flexibility index (Phi) is 5.22. The molecule has 1 aromatic rings. The second kappa shape index (κ2) is 6.44. The van der Waals surface area contributed by atoms with Crippen LogP contribution in [-0.4, -0.2) is 29.0 Å². The van der Waals surface area contributed by atoms with Crippen molar-refractivity contribution in [2.24, 2.45) is 5.92 Å². The monoisotopic (exact) mass is 267 g/mol. The molecule has 1 amide bonds. The summed E-state index contributed by atoms with van der Waals surface area (Å²) in [5.74, 6) is -0.450. The Morgan fingerprint density at radius 1 is 1.44 bits per heavy atom. The van der Waals surface area contributed by atoms with Crippen molar-refractivity contribution < 1.29 is 14.7 Å². The summed E-state index contributed by atoms with van der Waals surface area (Å²) in [6, 6.07) is 4.71. The second-order valence-corrected chi connectivity index (χ2v) is 5.09. The lowest BCUT2D eigenvalue weighted by atomic mass is 10.1. The van der Waals surface area contributed by atoms with E-state index in [1.54, 1.807) is 17.8 Å². The molecule has 0 radical (unpaired) electrons. The summed E-state index contributed by atoms with van der Waals surface area (Å²) in [7, 11) is 0. The molecule has 0 fully saturated rings. The number of carboxylic acids is 1. The largest absolute Gasteiger partial charge is 0.478 e. The van der Waals surface area contributed by atoms with Gasteiger partial charge in [0.15, 0.2) is 0 Å². The number of anilines is 1. The summed E-state index contributed by atoms with van der Waals surface area (Å²) in [4.78, 5) is 22.7. The van der Waals surface area contributed by atoms with E-state index >= 15 is 0 Å². The maximum atomic E-state index is 11.9. The topological polar surface area (TPSA) is 66.4 Å². The number of aryl methyl sites for hydroxylation is 1. The van der Waals surface area contributed by atoms with Gasteiger partial charge in [-0.05, 0) is 30.9 Å². The Balaban J connectivity index is 2.86. The number of carboxylic acid groups (broad SMARTS) is 1. The van der Waals surface area contributed by atoms with E-state index in [-0.39, 0.29) is 17.4 Å². The molecule has 0 aliphatic heterocycles. The zero-order chi connectivity index (χ0) is 13.7. The average molecular weight is 267 g/mol. The lowest BCUT2D eigenvalue weighted by molar-refractivity contribution is -0.118. The van der Waals surface area contributed by atoms with Gasteiger partial charge in [-0.25, -0.2) is 4.79 Å². The first-order valence-corrected chi connectivity index (χ1v) is 6.98. The standard InChI is InChI=1S/C13H17NO3S/c1-8-4-5-10(13(16)17)6-11(8)14-12(15)9(2)7-18-3/h4-6,9H,7H2,1-3H3,(H,14,15)(H,16,17). The first kappa shape index (κ1) is 14.6. The number of nitrogens with one attached hydrogen (secondary N) is 1. The smallest absolute Gasteiger partial charge is 0.335 e. The van der Waals surface area contributed by atoms with Crippen LogP contribution >= 0.6 is 11.8 Å². The number of hydrogen-bond donors (Lipinski definition) is 2. The summed E-state index contributed by atoms with van der Waals surface area (Å²) in [6.45, 7) is 3.68. The van der Waals surface area contributed by atoms with Gasteiger partial charge < -0.3 is 10.4 Å². The highest BCUT2D eigenvalue weighted by atomic mass is 32.2. The van der Waals surface area contributed by atoms with Crippen LogP contribution in [0.15, 0.2) is 18.2 Å². The molecule has 0 saturated heterocycles. The first-order valence-electron chi connectivity index (χ1n) is 5.59. The SMILES string of the molecule is CSCC(C)C(=O)Nc1cc(C(=O)O)ccc1C. The molecule has 1 rings (SSSR count). The van der Waals surface area contributed by atoms with Crippen LogP contribution in [0.1, 0.15) is 22.8 Å². The zero-order valence-corrected chi connectivity index (χ0v) is 11.5. The van der Waals surface area contributed by atoms with Gasteiger partial charge in [-0.15, -0.1) is 0 Å². The summed E-state index contributed by atoms with van der Waals surface area (Å²) >= 11 is 1.61. The molecule has 0 aromatic heterocycles. The van der Waals surface area contributed by atoms with Crippen LogP contribution in [-0.2, 0) is 4.79 Å². The van der Waals surface area contributed by atoms with E-state index in [4.69, 9.17) is 5.11 Å². The number of amides is 1. The van der Waals surface area contributed by atoms with Gasteiger partial charge in [0, 0.05) is 17.4 Å². The van der Waals surface area contributed by atoms with E-state index in [0.717, 1.165) is 11.3 Å². The molecule has 98 valence electrons. The molecule has 1 unspecified atom stereocenters. The molecular weight excluding hydrogens is 250 g/mol. The maximum Gasteiger partial charge on any atom is 0.335 e. The van der Waals surface area contributed by atoms with Crippen molar-refractivity contribution in [3.05, 3.63) is 29.3 Å². The predicted octanol–water partition coefficient (Wildman–Crippen LogP) is 2.63. The van der Waals surface area contributed by atoms with Gasteiger partial charge in [0.25, 0.3) is 0 Å². The third-order valence-corrected chi connectivity index (χ3v) is 3.44. The van der Waals surface area contributed by atoms with Crippen LogP contribution in [0, 0.1) is 12.8 Å². The van der Waals surface area contributed by atoms with Gasteiger partial charge in [0.05, 0.1) is 5.56 Å². The number of benzene rings is 1. The number of hydrogen-bond acceptors (Lipinski definition) is 3. The van der Waals surface area contributed by atoms with Crippen molar-refractivity contribution >= 4 is 29.3 Å². The van der Waals surface area contributed by atoms with Crippen molar-refractivity contribution in [2.45, 2.75) is 13.8 Å². The van der Waals surface area contributed by atoms with Crippen LogP contribution in [0.3, 0.4) is 0 Å². The minimum absolute atomic E-state index is 0.0880. The van der Waals surface area contributed by atoms with E-state index < -0.39 is 5.97 Å². The van der Waals surface area contributed by atoms with Crippen LogP contribution in [0.5, 0.6) is 0 Å². The summed E-state index contributed by atoms with van der Waals surface area (Å²) in [5, 5.41) is 11.7. The summed E-state index contributed by atoms with van der Waals surface area (Å²) < 4.78 is 0. The Hall–Kier alpha value is -1.49. The molecule has 0 aliphatic rings.